The Bertz CT molecular complexity index is 1040. The van der Waals surface area contributed by atoms with Crippen molar-refractivity contribution in [1.82, 2.24) is 15.0 Å². The van der Waals surface area contributed by atoms with Crippen molar-refractivity contribution in [2.75, 3.05) is 5.32 Å². The van der Waals surface area contributed by atoms with Gasteiger partial charge in [-0.2, -0.15) is 0 Å². The standard InChI is InChI=1S/C22H22FN5O2/c23-15-4-1-3-14(13-15)19-10-12-26-22(28-19)27-16-6-8-17(9-7-16)30-21-18(20(24)29)5-2-11-25-21/h1-5,10-13,16-17H,6-9H2,(H2,24,29)(H,26,27,28)/t16-,17-. The molecule has 1 fully saturated rings. The number of primary amides is 1. The van der Waals surface area contributed by atoms with Gasteiger partial charge in [0.15, 0.2) is 0 Å². The predicted octanol–water partition coefficient (Wildman–Crippen LogP) is 3.58. The number of carbonyl (C=O) groups is 1. The minimum atomic E-state index is -0.552. The van der Waals surface area contributed by atoms with Crippen LogP contribution in [0.3, 0.4) is 0 Å². The van der Waals surface area contributed by atoms with Crippen molar-refractivity contribution in [1.29, 1.82) is 0 Å². The highest BCUT2D eigenvalue weighted by Crippen LogP contribution is 2.26. The molecule has 1 aromatic carbocycles. The van der Waals surface area contributed by atoms with Crippen molar-refractivity contribution in [3.8, 4) is 17.1 Å². The van der Waals surface area contributed by atoms with Gasteiger partial charge in [0.1, 0.15) is 17.5 Å². The third-order valence-electron chi connectivity index (χ3n) is 5.10. The zero-order chi connectivity index (χ0) is 20.9. The fourth-order valence-corrected chi connectivity index (χ4v) is 3.57. The SMILES string of the molecule is NC(=O)c1cccnc1O[C@H]1CC[C@H](Nc2nccc(-c3cccc(F)c3)n2)CC1. The number of nitrogens with zero attached hydrogens (tertiary/aromatic N) is 3. The number of nitrogens with two attached hydrogens (primary N) is 1. The Labute approximate surface area is 173 Å². The number of ether oxygens (including phenoxy) is 1. The molecular weight excluding hydrogens is 385 g/mol. The quantitative estimate of drug-likeness (QED) is 0.647. The molecule has 3 N–H and O–H groups in total. The van der Waals surface area contributed by atoms with Crippen LogP contribution in [0.5, 0.6) is 5.88 Å². The Kier molecular flexibility index (Phi) is 5.83. The maximum Gasteiger partial charge on any atom is 0.254 e. The van der Waals surface area contributed by atoms with E-state index >= 15 is 0 Å². The largest absolute Gasteiger partial charge is 0.474 e. The molecule has 3 aromatic rings. The summed E-state index contributed by atoms with van der Waals surface area (Å²) >= 11 is 0. The molecule has 4 rings (SSSR count). The van der Waals surface area contributed by atoms with Crippen LogP contribution in [0.25, 0.3) is 11.3 Å². The first kappa shape index (κ1) is 19.8. The monoisotopic (exact) mass is 407 g/mol. The molecule has 0 atom stereocenters. The van der Waals surface area contributed by atoms with Gasteiger partial charge in [-0.25, -0.2) is 19.3 Å². The number of aromatic nitrogens is 3. The number of halogens is 1. The van der Waals surface area contributed by atoms with Gasteiger partial charge in [0, 0.05) is 24.0 Å². The molecule has 7 nitrogen and oxygen atoms in total. The van der Waals surface area contributed by atoms with Gasteiger partial charge in [0.05, 0.1) is 5.69 Å². The van der Waals surface area contributed by atoms with Crippen LogP contribution in [0.2, 0.25) is 0 Å². The third kappa shape index (κ3) is 4.71. The van der Waals surface area contributed by atoms with Gasteiger partial charge < -0.3 is 15.8 Å². The number of anilines is 1. The lowest BCUT2D eigenvalue weighted by Crippen LogP contribution is -2.32. The van der Waals surface area contributed by atoms with E-state index < -0.39 is 5.91 Å². The highest BCUT2D eigenvalue weighted by molar-refractivity contribution is 5.94. The van der Waals surface area contributed by atoms with Crippen LogP contribution in [0.1, 0.15) is 36.0 Å². The van der Waals surface area contributed by atoms with E-state index in [0.717, 1.165) is 25.7 Å². The van der Waals surface area contributed by atoms with E-state index in [4.69, 9.17) is 10.5 Å². The lowest BCUT2D eigenvalue weighted by Gasteiger charge is -2.29. The van der Waals surface area contributed by atoms with Crippen LogP contribution in [-0.4, -0.2) is 33.0 Å². The first-order valence-corrected chi connectivity index (χ1v) is 9.85. The molecule has 2 aromatic heterocycles. The van der Waals surface area contributed by atoms with Gasteiger partial charge in [-0.15, -0.1) is 0 Å². The first-order valence-electron chi connectivity index (χ1n) is 9.85. The maximum absolute atomic E-state index is 13.5. The van der Waals surface area contributed by atoms with Gasteiger partial charge in [0.25, 0.3) is 5.91 Å². The Hall–Kier alpha value is -3.55. The summed E-state index contributed by atoms with van der Waals surface area (Å²) in [4.78, 5) is 24.5. The summed E-state index contributed by atoms with van der Waals surface area (Å²) in [5.41, 5.74) is 7.05. The summed E-state index contributed by atoms with van der Waals surface area (Å²) < 4.78 is 19.4. The van der Waals surface area contributed by atoms with E-state index in [2.05, 4.69) is 20.3 Å². The van der Waals surface area contributed by atoms with E-state index in [9.17, 15) is 9.18 Å². The molecule has 0 saturated heterocycles. The lowest BCUT2D eigenvalue weighted by molar-refractivity contribution is 0.0983. The summed E-state index contributed by atoms with van der Waals surface area (Å²) in [5.74, 6) is -0.0514. The Morgan fingerprint density at radius 3 is 2.67 bits per heavy atom. The van der Waals surface area contributed by atoms with Crippen LogP contribution in [0.15, 0.2) is 54.9 Å². The second-order valence-electron chi connectivity index (χ2n) is 7.23. The number of carbonyl (C=O) groups excluding carboxylic acids is 1. The Morgan fingerprint density at radius 1 is 1.07 bits per heavy atom. The van der Waals surface area contributed by atoms with Crippen LogP contribution < -0.4 is 15.8 Å². The number of hydrogen-bond acceptors (Lipinski definition) is 6. The second kappa shape index (κ2) is 8.86. The lowest BCUT2D eigenvalue weighted by atomic mass is 9.93. The van der Waals surface area contributed by atoms with Gasteiger partial charge in [-0.3, -0.25) is 4.79 Å². The summed E-state index contributed by atoms with van der Waals surface area (Å²) in [6.07, 6.45) is 6.53. The summed E-state index contributed by atoms with van der Waals surface area (Å²) in [6, 6.07) is 11.6. The van der Waals surface area contributed by atoms with Crippen molar-refractivity contribution in [2.45, 2.75) is 37.8 Å². The molecule has 1 amide bonds. The first-order chi connectivity index (χ1) is 14.6. The molecule has 8 heteroatoms. The van der Waals surface area contributed by atoms with Crippen LogP contribution >= 0.6 is 0 Å². The van der Waals surface area contributed by atoms with E-state index in [1.54, 1.807) is 36.7 Å². The van der Waals surface area contributed by atoms with Crippen LogP contribution in [0.4, 0.5) is 10.3 Å². The van der Waals surface area contributed by atoms with Crippen LogP contribution in [0, 0.1) is 5.82 Å². The van der Waals surface area contributed by atoms with Gasteiger partial charge >= 0.3 is 0 Å². The van der Waals surface area contributed by atoms with Gasteiger partial charge in [-0.1, -0.05) is 12.1 Å². The van der Waals surface area contributed by atoms with Crippen molar-refractivity contribution < 1.29 is 13.9 Å². The van der Waals surface area contributed by atoms with Crippen molar-refractivity contribution in [2.24, 2.45) is 5.73 Å². The minimum absolute atomic E-state index is 0.0319. The smallest absolute Gasteiger partial charge is 0.254 e. The second-order valence-corrected chi connectivity index (χ2v) is 7.23. The van der Waals surface area contributed by atoms with Crippen molar-refractivity contribution in [3.63, 3.8) is 0 Å². The average molecular weight is 407 g/mol. The molecule has 1 saturated carbocycles. The highest BCUT2D eigenvalue weighted by Gasteiger charge is 2.24. The normalized spacial score (nSPS) is 18.6. The molecule has 1 aliphatic rings. The number of rotatable bonds is 6. The maximum atomic E-state index is 13.5. The van der Waals surface area contributed by atoms with Crippen molar-refractivity contribution in [3.05, 3.63) is 66.2 Å². The summed E-state index contributed by atoms with van der Waals surface area (Å²) in [5, 5.41) is 3.36. The molecule has 0 spiro atoms. The number of amides is 1. The van der Waals surface area contributed by atoms with E-state index in [1.807, 2.05) is 6.07 Å². The molecule has 0 radical (unpaired) electrons. The fraction of sp³-hybridized carbons (Fsp3) is 0.273. The Balaban J connectivity index is 1.35. The topological polar surface area (TPSA) is 103 Å². The molecule has 0 aliphatic heterocycles. The molecule has 2 heterocycles. The summed E-state index contributed by atoms with van der Waals surface area (Å²) in [6.45, 7) is 0. The van der Waals surface area contributed by atoms with Gasteiger partial charge in [-0.05, 0) is 56.0 Å². The molecule has 1 aliphatic carbocycles. The van der Waals surface area contributed by atoms with Crippen molar-refractivity contribution >= 4 is 11.9 Å². The zero-order valence-corrected chi connectivity index (χ0v) is 16.3. The predicted molar refractivity (Wildman–Crippen MR) is 110 cm³/mol. The zero-order valence-electron chi connectivity index (χ0n) is 16.3. The molecule has 0 bridgehead atoms. The Morgan fingerprint density at radius 2 is 1.90 bits per heavy atom. The van der Waals surface area contributed by atoms with Gasteiger partial charge in [0.2, 0.25) is 11.8 Å². The van der Waals surface area contributed by atoms with E-state index in [1.165, 1.54) is 12.1 Å². The highest BCUT2D eigenvalue weighted by atomic mass is 19.1. The van der Waals surface area contributed by atoms with E-state index in [-0.39, 0.29) is 23.8 Å². The molecule has 30 heavy (non-hydrogen) atoms. The molecular formula is C22H22FN5O2. The molecule has 0 unspecified atom stereocenters. The average Bonchev–Trinajstić information content (AvgIpc) is 2.76. The number of pyridine rings is 1. The molecule has 154 valence electrons. The minimum Gasteiger partial charge on any atom is -0.474 e. The van der Waals surface area contributed by atoms with E-state index in [0.29, 0.717) is 22.8 Å². The fourth-order valence-electron chi connectivity index (χ4n) is 3.57. The summed E-state index contributed by atoms with van der Waals surface area (Å²) in [7, 11) is 0. The number of nitrogens with one attached hydrogen (secondary N) is 1. The third-order valence-corrected chi connectivity index (χ3v) is 5.10. The number of benzene rings is 1. The number of hydrogen-bond donors (Lipinski definition) is 2. The van der Waals surface area contributed by atoms with Crippen LogP contribution in [-0.2, 0) is 0 Å².